The predicted molar refractivity (Wildman–Crippen MR) is 112 cm³/mol. The second kappa shape index (κ2) is 13.5. The molecule has 0 spiro atoms. The molecule has 0 aliphatic carbocycles. The van der Waals surface area contributed by atoms with Gasteiger partial charge in [-0.2, -0.15) is 0 Å². The number of carbonyl (C=O) groups is 1. The van der Waals surface area contributed by atoms with Crippen LogP contribution in [0.3, 0.4) is 0 Å². The van der Waals surface area contributed by atoms with Gasteiger partial charge in [0.25, 0.3) is 0 Å². The minimum Gasteiger partial charge on any atom is -0.382 e. The van der Waals surface area contributed by atoms with Crippen molar-refractivity contribution in [3.8, 4) is 0 Å². The second-order valence-electron chi connectivity index (χ2n) is 8.77. The van der Waals surface area contributed by atoms with Gasteiger partial charge in [-0.15, -0.1) is 0 Å². The lowest BCUT2D eigenvalue weighted by Gasteiger charge is -2.34. The first-order valence-corrected chi connectivity index (χ1v) is 10.3. The Morgan fingerprint density at radius 2 is 1.71 bits per heavy atom. The minimum atomic E-state index is -0.758. The Kier molecular flexibility index (Phi) is 13.1. The van der Waals surface area contributed by atoms with Crippen LogP contribution in [0.25, 0.3) is 0 Å². The van der Waals surface area contributed by atoms with Crippen molar-refractivity contribution in [1.29, 1.82) is 0 Å². The predicted octanol–water partition coefficient (Wildman–Crippen LogP) is 2.71. The summed E-state index contributed by atoms with van der Waals surface area (Å²) in [4.78, 5) is 12.6. The van der Waals surface area contributed by atoms with Crippen molar-refractivity contribution in [1.82, 2.24) is 5.32 Å². The maximum absolute atomic E-state index is 12.6. The normalized spacial score (nSPS) is 15.7. The van der Waals surface area contributed by atoms with Crippen LogP contribution in [0, 0.1) is 11.3 Å². The number of ether oxygens (including phenoxy) is 4. The Bertz CT molecular complexity index is 429. The number of amides is 1. The highest BCUT2D eigenvalue weighted by Gasteiger charge is 2.34. The van der Waals surface area contributed by atoms with Crippen LogP contribution < -0.4 is 11.1 Å². The highest BCUT2D eigenvalue weighted by Crippen LogP contribution is 2.29. The van der Waals surface area contributed by atoms with Crippen LogP contribution in [0.4, 0.5) is 0 Å². The topological polar surface area (TPSA) is 92.0 Å². The fourth-order valence-electron chi connectivity index (χ4n) is 2.48. The first kappa shape index (κ1) is 27.3. The van der Waals surface area contributed by atoms with Gasteiger partial charge in [0.05, 0.1) is 32.3 Å². The van der Waals surface area contributed by atoms with Crippen LogP contribution in [0.1, 0.15) is 61.3 Å². The summed E-state index contributed by atoms with van der Waals surface area (Å²) in [6.45, 7) is 16.6. The van der Waals surface area contributed by atoms with E-state index in [0.717, 1.165) is 6.42 Å². The monoisotopic (exact) mass is 404 g/mol. The molecule has 0 aliphatic heterocycles. The maximum atomic E-state index is 12.6. The molecule has 0 aromatic rings. The third-order valence-electron chi connectivity index (χ3n) is 5.13. The number of nitrogens with one attached hydrogen (secondary N) is 1. The summed E-state index contributed by atoms with van der Waals surface area (Å²) in [5.41, 5.74) is 5.43. The lowest BCUT2D eigenvalue weighted by Crippen LogP contribution is -2.59. The molecule has 0 rings (SSSR count). The maximum Gasteiger partial charge on any atom is 0.224 e. The van der Waals surface area contributed by atoms with Gasteiger partial charge in [0.1, 0.15) is 11.8 Å². The zero-order valence-corrected chi connectivity index (χ0v) is 19.3. The molecule has 0 fully saturated rings. The van der Waals surface area contributed by atoms with Crippen LogP contribution >= 0.6 is 0 Å². The standard InChI is InChI=1S/C21H44N2O5/c1-9-26-14-21(13-25-8,15-28-17(4)5)23-19(24)12-18(22)27-11-10-20(6,7)16(2)3/h16-18H,9-15,22H2,1-8H3,(H,23,24). The van der Waals surface area contributed by atoms with Crippen LogP contribution in [0.15, 0.2) is 0 Å². The zero-order valence-electron chi connectivity index (χ0n) is 19.3. The Morgan fingerprint density at radius 3 is 2.21 bits per heavy atom. The van der Waals surface area contributed by atoms with Crippen molar-refractivity contribution in [3.05, 3.63) is 0 Å². The lowest BCUT2D eigenvalue weighted by molar-refractivity contribution is -0.130. The molecule has 0 aromatic carbocycles. The number of hydrogen-bond donors (Lipinski definition) is 2. The van der Waals surface area contributed by atoms with Crippen molar-refractivity contribution >= 4 is 5.91 Å². The summed E-state index contributed by atoms with van der Waals surface area (Å²) in [5, 5.41) is 3.00. The molecule has 0 heterocycles. The number of methoxy groups -OCH3 is 1. The van der Waals surface area contributed by atoms with E-state index in [1.165, 1.54) is 0 Å². The van der Waals surface area contributed by atoms with E-state index in [0.29, 0.717) is 32.3 Å². The summed E-state index contributed by atoms with van der Waals surface area (Å²) in [6.07, 6.45) is 0.340. The van der Waals surface area contributed by atoms with Gasteiger partial charge in [-0.3, -0.25) is 4.79 Å². The summed E-state index contributed by atoms with van der Waals surface area (Å²) in [5.74, 6) is 0.338. The zero-order chi connectivity index (χ0) is 21.8. The Labute approximate surface area is 172 Å². The number of rotatable bonds is 16. The SMILES string of the molecule is CCOCC(COC)(COC(C)C)NC(=O)CC(N)OCCC(C)(C)C(C)C. The van der Waals surface area contributed by atoms with E-state index in [4.69, 9.17) is 24.7 Å². The van der Waals surface area contributed by atoms with E-state index in [2.05, 4.69) is 33.0 Å². The Morgan fingerprint density at radius 1 is 1.07 bits per heavy atom. The molecule has 2 atom stereocenters. The number of carbonyl (C=O) groups excluding carboxylic acids is 1. The molecule has 0 bridgehead atoms. The van der Waals surface area contributed by atoms with E-state index in [1.54, 1.807) is 7.11 Å². The molecule has 2 unspecified atom stereocenters. The molecule has 0 saturated carbocycles. The largest absolute Gasteiger partial charge is 0.382 e. The van der Waals surface area contributed by atoms with Crippen molar-refractivity contribution in [2.45, 2.75) is 79.2 Å². The molecular weight excluding hydrogens is 360 g/mol. The summed E-state index contributed by atoms with van der Waals surface area (Å²) >= 11 is 0. The fraction of sp³-hybridized carbons (Fsp3) is 0.952. The third kappa shape index (κ3) is 11.3. The molecule has 0 aromatic heterocycles. The number of hydrogen-bond acceptors (Lipinski definition) is 6. The Hall–Kier alpha value is -0.730. The lowest BCUT2D eigenvalue weighted by atomic mass is 9.79. The van der Waals surface area contributed by atoms with Gasteiger partial charge >= 0.3 is 0 Å². The molecule has 28 heavy (non-hydrogen) atoms. The second-order valence-corrected chi connectivity index (χ2v) is 8.77. The van der Waals surface area contributed by atoms with Crippen molar-refractivity contribution in [2.75, 3.05) is 40.1 Å². The summed E-state index contributed by atoms with van der Waals surface area (Å²) < 4.78 is 22.3. The average Bonchev–Trinajstić information content (AvgIpc) is 2.57. The van der Waals surface area contributed by atoms with Gasteiger partial charge in [0, 0.05) is 20.3 Å². The van der Waals surface area contributed by atoms with Crippen LogP contribution in [0.2, 0.25) is 0 Å². The fourth-order valence-corrected chi connectivity index (χ4v) is 2.48. The molecule has 0 saturated heterocycles. The Balaban J connectivity index is 4.73. The van der Waals surface area contributed by atoms with E-state index in [9.17, 15) is 4.79 Å². The molecule has 7 heteroatoms. The molecule has 0 radical (unpaired) electrons. The van der Waals surface area contributed by atoms with Crippen LogP contribution in [0.5, 0.6) is 0 Å². The van der Waals surface area contributed by atoms with Crippen LogP contribution in [-0.4, -0.2) is 63.9 Å². The van der Waals surface area contributed by atoms with Crippen molar-refractivity contribution < 1.29 is 23.7 Å². The molecule has 7 nitrogen and oxygen atoms in total. The number of nitrogens with two attached hydrogens (primary N) is 1. The van der Waals surface area contributed by atoms with Crippen LogP contribution in [-0.2, 0) is 23.7 Å². The quantitative estimate of drug-likeness (QED) is 0.384. The van der Waals surface area contributed by atoms with Gasteiger partial charge in [0.15, 0.2) is 0 Å². The van der Waals surface area contributed by atoms with E-state index in [-0.39, 0.29) is 30.5 Å². The summed E-state index contributed by atoms with van der Waals surface area (Å²) in [6, 6.07) is 0. The molecular formula is C21H44N2O5. The van der Waals surface area contributed by atoms with E-state index in [1.807, 2.05) is 20.8 Å². The van der Waals surface area contributed by atoms with Gasteiger partial charge in [0.2, 0.25) is 5.91 Å². The molecule has 0 aliphatic rings. The smallest absolute Gasteiger partial charge is 0.224 e. The van der Waals surface area contributed by atoms with Crippen molar-refractivity contribution in [3.63, 3.8) is 0 Å². The molecule has 168 valence electrons. The first-order valence-electron chi connectivity index (χ1n) is 10.3. The molecule has 3 N–H and O–H groups in total. The highest BCUT2D eigenvalue weighted by molar-refractivity contribution is 5.77. The summed E-state index contributed by atoms with van der Waals surface area (Å²) in [7, 11) is 1.59. The van der Waals surface area contributed by atoms with E-state index >= 15 is 0 Å². The average molecular weight is 405 g/mol. The molecule has 1 amide bonds. The van der Waals surface area contributed by atoms with Gasteiger partial charge < -0.3 is 30.0 Å². The van der Waals surface area contributed by atoms with Gasteiger partial charge in [-0.1, -0.05) is 27.7 Å². The third-order valence-corrected chi connectivity index (χ3v) is 5.13. The van der Waals surface area contributed by atoms with E-state index < -0.39 is 11.8 Å². The first-order chi connectivity index (χ1) is 13.0. The highest BCUT2D eigenvalue weighted by atomic mass is 16.5. The van der Waals surface area contributed by atoms with Gasteiger partial charge in [-0.25, -0.2) is 0 Å². The van der Waals surface area contributed by atoms with Gasteiger partial charge in [-0.05, 0) is 38.5 Å². The van der Waals surface area contributed by atoms with Crippen molar-refractivity contribution in [2.24, 2.45) is 17.1 Å². The minimum absolute atomic E-state index is 0.0321.